The van der Waals surface area contributed by atoms with Crippen molar-refractivity contribution in [1.29, 1.82) is 0 Å². The fraction of sp³-hybridized carbons (Fsp3) is 0.312. The average molecular weight is 320 g/mol. The van der Waals surface area contributed by atoms with Crippen molar-refractivity contribution < 1.29 is 13.2 Å². The molecule has 0 unspecified atom stereocenters. The Balaban J connectivity index is 1.95. The van der Waals surface area contributed by atoms with Crippen molar-refractivity contribution in [3.63, 3.8) is 0 Å². The first kappa shape index (κ1) is 16.5. The van der Waals surface area contributed by atoms with Crippen LogP contribution in [0.2, 0.25) is 0 Å². The fourth-order valence-corrected chi connectivity index (χ4v) is 3.33. The molecule has 0 aromatic heterocycles. The first-order chi connectivity index (χ1) is 10.5. The van der Waals surface area contributed by atoms with E-state index in [0.29, 0.717) is 11.3 Å². The number of allylic oxidation sites excluding steroid dienone is 1. The molecule has 1 aromatic rings. The van der Waals surface area contributed by atoms with Gasteiger partial charge in [0.1, 0.15) is 0 Å². The van der Waals surface area contributed by atoms with Crippen LogP contribution >= 0.6 is 0 Å². The maximum atomic E-state index is 12.0. The average Bonchev–Trinajstić information content (AvgIpc) is 3.01. The Kier molecular flexibility index (Phi) is 5.51. The lowest BCUT2D eigenvalue weighted by Crippen LogP contribution is -2.25. The van der Waals surface area contributed by atoms with Crippen LogP contribution in [-0.4, -0.2) is 20.9 Å². The molecule has 5 nitrogen and oxygen atoms in total. The van der Waals surface area contributed by atoms with Gasteiger partial charge in [0, 0.05) is 17.8 Å². The highest BCUT2D eigenvalue weighted by molar-refractivity contribution is 7.88. The van der Waals surface area contributed by atoms with Gasteiger partial charge in [0.05, 0.1) is 5.75 Å². The van der Waals surface area contributed by atoms with Gasteiger partial charge in [0.2, 0.25) is 10.0 Å². The van der Waals surface area contributed by atoms with E-state index in [4.69, 9.17) is 0 Å². The summed E-state index contributed by atoms with van der Waals surface area (Å²) in [5.74, 6) is -0.175. The van der Waals surface area contributed by atoms with Gasteiger partial charge < -0.3 is 5.32 Å². The highest BCUT2D eigenvalue weighted by Crippen LogP contribution is 2.20. The van der Waals surface area contributed by atoms with Crippen LogP contribution in [0.3, 0.4) is 0 Å². The normalized spacial score (nSPS) is 14.5. The summed E-state index contributed by atoms with van der Waals surface area (Å²) in [6.07, 6.45) is 6.25. The van der Waals surface area contributed by atoms with Crippen LogP contribution in [0.1, 0.15) is 24.8 Å². The molecule has 1 aromatic carbocycles. The van der Waals surface area contributed by atoms with Crippen molar-refractivity contribution in [2.45, 2.75) is 25.0 Å². The van der Waals surface area contributed by atoms with E-state index in [2.05, 4.69) is 16.6 Å². The molecule has 1 amide bonds. The fourth-order valence-electron chi connectivity index (χ4n) is 2.23. The zero-order valence-electron chi connectivity index (χ0n) is 12.3. The van der Waals surface area contributed by atoms with E-state index in [1.165, 1.54) is 6.08 Å². The van der Waals surface area contributed by atoms with Crippen LogP contribution in [0.4, 0.5) is 5.69 Å². The Hall–Kier alpha value is -1.92. The zero-order valence-corrected chi connectivity index (χ0v) is 13.2. The lowest BCUT2D eigenvalue weighted by atomic mass is 10.2. The zero-order chi connectivity index (χ0) is 16.0. The molecule has 6 heteroatoms. The van der Waals surface area contributed by atoms with Gasteiger partial charge in [-0.1, -0.05) is 24.3 Å². The highest BCUT2D eigenvalue weighted by Gasteiger charge is 2.14. The number of sulfonamides is 1. The second-order valence-corrected chi connectivity index (χ2v) is 6.98. The number of amides is 1. The van der Waals surface area contributed by atoms with Gasteiger partial charge in [-0.3, -0.25) is 4.79 Å². The first-order valence-corrected chi connectivity index (χ1v) is 8.83. The van der Waals surface area contributed by atoms with Gasteiger partial charge in [-0.2, -0.15) is 0 Å². The van der Waals surface area contributed by atoms with Crippen molar-refractivity contribution in [2.24, 2.45) is 0 Å². The predicted molar refractivity (Wildman–Crippen MR) is 87.8 cm³/mol. The molecular formula is C16H20N2O3S. The maximum absolute atomic E-state index is 12.0. The monoisotopic (exact) mass is 320 g/mol. The molecule has 1 aliphatic rings. The van der Waals surface area contributed by atoms with Crippen LogP contribution in [0.5, 0.6) is 0 Å². The third kappa shape index (κ3) is 4.82. The van der Waals surface area contributed by atoms with Crippen LogP contribution in [-0.2, 0) is 20.6 Å². The van der Waals surface area contributed by atoms with Crippen molar-refractivity contribution in [1.82, 2.24) is 4.72 Å². The minimum atomic E-state index is -3.36. The first-order valence-electron chi connectivity index (χ1n) is 7.18. The van der Waals surface area contributed by atoms with E-state index in [9.17, 15) is 13.2 Å². The molecule has 2 N–H and O–H groups in total. The van der Waals surface area contributed by atoms with Crippen LogP contribution < -0.4 is 10.0 Å². The second kappa shape index (κ2) is 7.38. The minimum absolute atomic E-state index is 0.0782. The molecule has 2 rings (SSSR count). The largest absolute Gasteiger partial charge is 0.322 e. The summed E-state index contributed by atoms with van der Waals surface area (Å²) < 4.78 is 25.9. The summed E-state index contributed by atoms with van der Waals surface area (Å²) in [6, 6.07) is 6.83. The quantitative estimate of drug-likeness (QED) is 0.757. The minimum Gasteiger partial charge on any atom is -0.322 e. The molecule has 22 heavy (non-hydrogen) atoms. The molecule has 0 aliphatic heterocycles. The second-order valence-electron chi connectivity index (χ2n) is 5.17. The number of nitrogens with one attached hydrogen (secondary N) is 2. The molecule has 0 bridgehead atoms. The predicted octanol–water partition coefficient (Wildman–Crippen LogP) is 2.34. The van der Waals surface area contributed by atoms with Crippen molar-refractivity contribution in [2.75, 3.05) is 11.9 Å². The van der Waals surface area contributed by atoms with Gasteiger partial charge in [-0.15, -0.1) is 6.58 Å². The number of rotatable bonds is 7. The molecule has 0 atom stereocenters. The molecule has 118 valence electrons. The Labute approximate surface area is 131 Å². The molecule has 0 radical (unpaired) electrons. The highest BCUT2D eigenvalue weighted by atomic mass is 32.2. The SMILES string of the molecule is C=CCNS(=O)(=O)Cc1ccc(NC(=O)C2=CCCC2)cc1. The van der Waals surface area contributed by atoms with E-state index < -0.39 is 10.0 Å². The molecule has 0 saturated carbocycles. The Bertz CT molecular complexity index is 676. The number of benzene rings is 1. The molecule has 0 fully saturated rings. The number of carbonyl (C=O) groups excluding carboxylic acids is 1. The molecule has 0 saturated heterocycles. The summed E-state index contributed by atoms with van der Waals surface area (Å²) in [5.41, 5.74) is 2.15. The molecule has 0 spiro atoms. The third-order valence-corrected chi connectivity index (χ3v) is 4.67. The van der Waals surface area contributed by atoms with E-state index >= 15 is 0 Å². The number of hydrogen-bond donors (Lipinski definition) is 2. The lowest BCUT2D eigenvalue weighted by Gasteiger charge is -2.08. The Morgan fingerprint density at radius 3 is 2.59 bits per heavy atom. The number of anilines is 1. The van der Waals surface area contributed by atoms with Gasteiger partial charge in [0.15, 0.2) is 0 Å². The standard InChI is InChI=1S/C16H20N2O3S/c1-2-11-17-22(20,21)12-13-7-9-15(10-8-13)18-16(19)14-5-3-4-6-14/h2,5,7-10,17H,1,3-4,6,11-12H2,(H,18,19). The van der Waals surface area contributed by atoms with Crippen LogP contribution in [0.25, 0.3) is 0 Å². The lowest BCUT2D eigenvalue weighted by molar-refractivity contribution is -0.112. The summed E-state index contributed by atoms with van der Waals surface area (Å²) in [4.78, 5) is 12.0. The van der Waals surface area contributed by atoms with Crippen LogP contribution in [0.15, 0.2) is 48.6 Å². The van der Waals surface area contributed by atoms with E-state index in [-0.39, 0.29) is 18.2 Å². The van der Waals surface area contributed by atoms with Gasteiger partial charge in [-0.05, 0) is 37.0 Å². The number of hydrogen-bond acceptors (Lipinski definition) is 3. The summed E-state index contributed by atoms with van der Waals surface area (Å²) >= 11 is 0. The Morgan fingerprint density at radius 1 is 1.27 bits per heavy atom. The van der Waals surface area contributed by atoms with Crippen molar-refractivity contribution in [3.8, 4) is 0 Å². The van der Waals surface area contributed by atoms with E-state index in [1.54, 1.807) is 24.3 Å². The van der Waals surface area contributed by atoms with E-state index in [0.717, 1.165) is 24.8 Å². The molecular weight excluding hydrogens is 300 g/mol. The van der Waals surface area contributed by atoms with Gasteiger partial charge in [0.25, 0.3) is 5.91 Å². The van der Waals surface area contributed by atoms with Crippen molar-refractivity contribution >= 4 is 21.6 Å². The van der Waals surface area contributed by atoms with Gasteiger partial charge in [-0.25, -0.2) is 13.1 Å². The van der Waals surface area contributed by atoms with Crippen molar-refractivity contribution in [3.05, 3.63) is 54.1 Å². The summed E-state index contributed by atoms with van der Waals surface area (Å²) in [7, 11) is -3.36. The summed E-state index contributed by atoms with van der Waals surface area (Å²) in [6.45, 7) is 3.68. The Morgan fingerprint density at radius 2 is 2.00 bits per heavy atom. The smallest absolute Gasteiger partial charge is 0.251 e. The topological polar surface area (TPSA) is 75.3 Å². The van der Waals surface area contributed by atoms with Gasteiger partial charge >= 0.3 is 0 Å². The number of carbonyl (C=O) groups is 1. The molecule has 0 heterocycles. The molecule has 1 aliphatic carbocycles. The third-order valence-electron chi connectivity index (χ3n) is 3.35. The van der Waals surface area contributed by atoms with E-state index in [1.807, 2.05) is 6.08 Å². The summed E-state index contributed by atoms with van der Waals surface area (Å²) in [5, 5.41) is 2.82. The maximum Gasteiger partial charge on any atom is 0.251 e. The van der Waals surface area contributed by atoms with Crippen LogP contribution in [0, 0.1) is 0 Å².